The van der Waals surface area contributed by atoms with E-state index >= 15 is 0 Å². The van der Waals surface area contributed by atoms with Gasteiger partial charge >= 0.3 is 6.18 Å². The molecule has 0 spiro atoms. The number of fused-ring (bicyclic) bond motifs is 1. The molecule has 1 aromatic carbocycles. The molecular weight excluding hydrogens is 369 g/mol. The number of carbonyl (C=O) groups excluding carboxylic acids is 2. The summed E-state index contributed by atoms with van der Waals surface area (Å²) in [4.78, 5) is 30.4. The third kappa shape index (κ3) is 5.58. The summed E-state index contributed by atoms with van der Waals surface area (Å²) in [6.45, 7) is 3.37. The molecule has 0 fully saturated rings. The molecule has 0 aliphatic rings. The molecule has 0 saturated carbocycles. The lowest BCUT2D eigenvalue weighted by molar-refractivity contribution is -0.145. The molecule has 1 aromatic heterocycles. The second-order valence-corrected chi connectivity index (χ2v) is 6.62. The van der Waals surface area contributed by atoms with Gasteiger partial charge in [-0.15, -0.1) is 0 Å². The third-order valence-corrected chi connectivity index (χ3v) is 4.05. The van der Waals surface area contributed by atoms with Crippen LogP contribution in [0.5, 0.6) is 0 Å². The Morgan fingerprint density at radius 2 is 1.85 bits per heavy atom. The molecule has 0 bridgehead atoms. The zero-order valence-electron chi connectivity index (χ0n) is 14.1. The SMILES string of the molecule is CC(C)NC(=O)CNC(=O)CSc1nc(C(F)(F)F)nc2ccccc12. The van der Waals surface area contributed by atoms with E-state index in [9.17, 15) is 22.8 Å². The predicted octanol–water partition coefficient (Wildman–Crippen LogP) is 2.38. The Morgan fingerprint density at radius 3 is 2.50 bits per heavy atom. The van der Waals surface area contributed by atoms with E-state index < -0.39 is 17.9 Å². The van der Waals surface area contributed by atoms with Gasteiger partial charge in [0.15, 0.2) is 0 Å². The fourth-order valence-electron chi connectivity index (χ4n) is 2.02. The van der Waals surface area contributed by atoms with Crippen LogP contribution < -0.4 is 10.6 Å². The van der Waals surface area contributed by atoms with Crippen LogP contribution in [0.2, 0.25) is 0 Å². The first kappa shape index (κ1) is 20.0. The topological polar surface area (TPSA) is 84.0 Å². The smallest absolute Gasteiger partial charge is 0.352 e. The van der Waals surface area contributed by atoms with Crippen molar-refractivity contribution in [2.24, 2.45) is 0 Å². The van der Waals surface area contributed by atoms with E-state index in [1.54, 1.807) is 32.0 Å². The number of halogens is 3. The Kier molecular flexibility index (Phi) is 6.41. The summed E-state index contributed by atoms with van der Waals surface area (Å²) in [7, 11) is 0. The molecule has 0 atom stereocenters. The van der Waals surface area contributed by atoms with Crippen LogP contribution in [0.3, 0.4) is 0 Å². The molecule has 26 heavy (non-hydrogen) atoms. The fraction of sp³-hybridized carbons (Fsp3) is 0.375. The molecule has 0 aliphatic heterocycles. The molecule has 2 rings (SSSR count). The number of benzene rings is 1. The van der Waals surface area contributed by atoms with Gasteiger partial charge in [-0.05, 0) is 19.9 Å². The largest absolute Gasteiger partial charge is 0.451 e. The third-order valence-electron chi connectivity index (χ3n) is 3.06. The Hall–Kier alpha value is -2.36. The summed E-state index contributed by atoms with van der Waals surface area (Å²) >= 11 is 0.859. The summed E-state index contributed by atoms with van der Waals surface area (Å²) in [6.07, 6.45) is -4.68. The van der Waals surface area contributed by atoms with E-state index in [2.05, 4.69) is 20.6 Å². The standard InChI is InChI=1S/C16H17F3N4O2S/c1-9(2)21-12(24)7-20-13(25)8-26-14-10-5-3-4-6-11(10)22-15(23-14)16(17,18)19/h3-6,9H,7-8H2,1-2H3,(H,20,25)(H,21,24). The van der Waals surface area contributed by atoms with Crippen LogP contribution in [-0.4, -0.2) is 40.1 Å². The van der Waals surface area contributed by atoms with Crippen LogP contribution in [-0.2, 0) is 15.8 Å². The minimum Gasteiger partial charge on any atom is -0.352 e. The van der Waals surface area contributed by atoms with E-state index in [4.69, 9.17) is 0 Å². The molecular formula is C16H17F3N4O2S. The van der Waals surface area contributed by atoms with Gasteiger partial charge in [-0.2, -0.15) is 13.2 Å². The second kappa shape index (κ2) is 8.35. The van der Waals surface area contributed by atoms with Crippen molar-refractivity contribution in [2.75, 3.05) is 12.3 Å². The number of hydrogen-bond acceptors (Lipinski definition) is 5. The highest BCUT2D eigenvalue weighted by atomic mass is 32.2. The van der Waals surface area contributed by atoms with Crippen molar-refractivity contribution < 1.29 is 22.8 Å². The first-order valence-electron chi connectivity index (χ1n) is 7.69. The van der Waals surface area contributed by atoms with Crippen LogP contribution in [0.25, 0.3) is 10.9 Å². The fourth-order valence-corrected chi connectivity index (χ4v) is 2.87. The minimum absolute atomic E-state index is 0.0538. The lowest BCUT2D eigenvalue weighted by Gasteiger charge is -2.11. The van der Waals surface area contributed by atoms with E-state index in [0.29, 0.717) is 5.39 Å². The van der Waals surface area contributed by atoms with E-state index in [0.717, 1.165) is 11.8 Å². The predicted molar refractivity (Wildman–Crippen MR) is 91.6 cm³/mol. The summed E-state index contributed by atoms with van der Waals surface area (Å²) < 4.78 is 38.9. The zero-order valence-corrected chi connectivity index (χ0v) is 14.9. The van der Waals surface area contributed by atoms with Gasteiger partial charge in [-0.25, -0.2) is 9.97 Å². The normalized spacial score (nSPS) is 11.6. The number of alkyl halides is 3. The van der Waals surface area contributed by atoms with Gasteiger partial charge in [0.2, 0.25) is 17.6 Å². The highest BCUT2D eigenvalue weighted by molar-refractivity contribution is 8.00. The number of thioether (sulfide) groups is 1. The molecule has 0 aliphatic carbocycles. The van der Waals surface area contributed by atoms with Gasteiger partial charge in [0.05, 0.1) is 17.8 Å². The van der Waals surface area contributed by atoms with Crippen LogP contribution in [0.4, 0.5) is 13.2 Å². The number of nitrogens with zero attached hydrogens (tertiary/aromatic N) is 2. The summed E-state index contributed by atoms with van der Waals surface area (Å²) in [6, 6.07) is 6.21. The zero-order chi connectivity index (χ0) is 19.3. The number of aromatic nitrogens is 2. The number of carbonyl (C=O) groups is 2. The van der Waals surface area contributed by atoms with Gasteiger partial charge in [0.25, 0.3) is 0 Å². The van der Waals surface area contributed by atoms with Crippen molar-refractivity contribution in [2.45, 2.75) is 31.1 Å². The maximum atomic E-state index is 13.0. The van der Waals surface area contributed by atoms with E-state index in [1.807, 2.05) is 0 Å². The number of nitrogens with one attached hydrogen (secondary N) is 2. The highest BCUT2D eigenvalue weighted by Gasteiger charge is 2.35. The molecule has 2 amide bonds. The molecule has 0 saturated heterocycles. The van der Waals surface area contributed by atoms with Crippen molar-refractivity contribution in [3.8, 4) is 0 Å². The van der Waals surface area contributed by atoms with Gasteiger partial charge in [-0.3, -0.25) is 9.59 Å². The van der Waals surface area contributed by atoms with Crippen molar-refractivity contribution in [3.05, 3.63) is 30.1 Å². The molecule has 6 nitrogen and oxygen atoms in total. The molecule has 10 heteroatoms. The number of hydrogen-bond donors (Lipinski definition) is 2. The molecule has 1 heterocycles. The number of rotatable bonds is 6. The Bertz CT molecular complexity index is 812. The van der Waals surface area contributed by atoms with Crippen molar-refractivity contribution in [1.29, 1.82) is 0 Å². The summed E-state index contributed by atoms with van der Waals surface area (Å²) in [5, 5.41) is 5.51. The molecule has 0 unspecified atom stereocenters. The molecule has 140 valence electrons. The first-order valence-corrected chi connectivity index (χ1v) is 8.68. The van der Waals surface area contributed by atoms with Crippen molar-refractivity contribution in [1.82, 2.24) is 20.6 Å². The Morgan fingerprint density at radius 1 is 1.15 bits per heavy atom. The first-order chi connectivity index (χ1) is 12.2. The van der Waals surface area contributed by atoms with Crippen LogP contribution in [0.1, 0.15) is 19.7 Å². The van der Waals surface area contributed by atoms with E-state index in [-0.39, 0.29) is 34.8 Å². The van der Waals surface area contributed by atoms with E-state index in [1.165, 1.54) is 6.07 Å². The summed E-state index contributed by atoms with van der Waals surface area (Å²) in [5.74, 6) is -2.25. The van der Waals surface area contributed by atoms with Crippen LogP contribution >= 0.6 is 11.8 Å². The highest BCUT2D eigenvalue weighted by Crippen LogP contribution is 2.31. The van der Waals surface area contributed by atoms with Gasteiger partial charge in [0, 0.05) is 11.4 Å². The molecule has 0 radical (unpaired) electrons. The molecule has 2 N–H and O–H groups in total. The maximum Gasteiger partial charge on any atom is 0.451 e. The maximum absolute atomic E-state index is 13.0. The lowest BCUT2D eigenvalue weighted by atomic mass is 10.2. The average Bonchev–Trinajstić information content (AvgIpc) is 2.56. The van der Waals surface area contributed by atoms with Crippen LogP contribution in [0, 0.1) is 0 Å². The number of amides is 2. The molecule has 2 aromatic rings. The second-order valence-electron chi connectivity index (χ2n) is 5.65. The van der Waals surface area contributed by atoms with Gasteiger partial charge in [-0.1, -0.05) is 30.0 Å². The summed E-state index contributed by atoms with van der Waals surface area (Å²) in [5.41, 5.74) is 0.147. The van der Waals surface area contributed by atoms with Gasteiger partial charge in [0.1, 0.15) is 5.03 Å². The Balaban J connectivity index is 2.08. The number of para-hydroxylation sites is 1. The van der Waals surface area contributed by atoms with Gasteiger partial charge < -0.3 is 10.6 Å². The average molecular weight is 386 g/mol. The van der Waals surface area contributed by atoms with Crippen molar-refractivity contribution in [3.63, 3.8) is 0 Å². The van der Waals surface area contributed by atoms with Crippen LogP contribution in [0.15, 0.2) is 29.3 Å². The lowest BCUT2D eigenvalue weighted by Crippen LogP contribution is -2.40. The minimum atomic E-state index is -4.68. The Labute approximate surface area is 152 Å². The van der Waals surface area contributed by atoms with Crippen molar-refractivity contribution >= 4 is 34.5 Å². The quantitative estimate of drug-likeness (QED) is 0.588. The monoisotopic (exact) mass is 386 g/mol.